The van der Waals surface area contributed by atoms with E-state index in [1.165, 1.54) is 6.33 Å². The highest BCUT2D eigenvalue weighted by Gasteiger charge is 2.56. The maximum absolute atomic E-state index is 10.9. The van der Waals surface area contributed by atoms with Gasteiger partial charge in [-0.05, 0) is 39.7 Å². The molecule has 116 valence electrons. The fraction of sp³-hybridized carbons (Fsp3) is 0.727. The molecule has 0 bridgehead atoms. The molecule has 2 aliphatic heterocycles. The fourth-order valence-corrected chi connectivity index (χ4v) is 3.89. The van der Waals surface area contributed by atoms with Crippen LogP contribution in [0.2, 0.25) is 0 Å². The van der Waals surface area contributed by atoms with Gasteiger partial charge < -0.3 is 24.3 Å². The molecule has 21 heavy (non-hydrogen) atoms. The highest BCUT2D eigenvalue weighted by molar-refractivity contribution is 14.1. The van der Waals surface area contributed by atoms with Gasteiger partial charge in [0, 0.05) is 4.43 Å². The molecule has 8 nitrogen and oxygen atoms in total. The maximum atomic E-state index is 10.9. The first-order valence-corrected chi connectivity index (χ1v) is 8.59. The number of nitrogens with zero attached hydrogens (tertiary/aromatic N) is 3. The monoisotopic (exact) mass is 473 g/mol. The van der Waals surface area contributed by atoms with Crippen LogP contribution in [-0.2, 0) is 14.2 Å². The van der Waals surface area contributed by atoms with E-state index >= 15 is 0 Å². The summed E-state index contributed by atoms with van der Waals surface area (Å²) in [6.07, 6.45) is 0.219. The minimum Gasteiger partial charge on any atom is -0.358 e. The molecule has 0 unspecified atom stereocenters. The van der Waals surface area contributed by atoms with Crippen LogP contribution in [0.1, 0.15) is 20.1 Å². The number of imidazole rings is 1. The number of hydrogen-bond donors (Lipinski definition) is 0. The van der Waals surface area contributed by atoms with Gasteiger partial charge in [0.15, 0.2) is 16.6 Å². The van der Waals surface area contributed by atoms with E-state index < -0.39 is 16.9 Å². The smallest absolute Gasteiger partial charge is 0.358 e. The number of hydrogen-bond acceptors (Lipinski definition) is 6. The first-order valence-electron chi connectivity index (χ1n) is 6.28. The Morgan fingerprint density at radius 1 is 1.52 bits per heavy atom. The predicted molar refractivity (Wildman–Crippen MR) is 83.2 cm³/mol. The second kappa shape index (κ2) is 5.41. The van der Waals surface area contributed by atoms with Gasteiger partial charge in [-0.3, -0.25) is 4.57 Å². The van der Waals surface area contributed by atoms with Crippen molar-refractivity contribution in [3.8, 4) is 0 Å². The molecule has 4 atom stereocenters. The molecular weight excluding hydrogens is 461 g/mol. The third-order valence-corrected chi connectivity index (χ3v) is 5.07. The van der Waals surface area contributed by atoms with Gasteiger partial charge in [-0.2, -0.15) is 0 Å². The van der Waals surface area contributed by atoms with Crippen LogP contribution in [0.15, 0.2) is 10.9 Å². The van der Waals surface area contributed by atoms with Crippen LogP contribution in [-0.4, -0.2) is 43.0 Å². The lowest BCUT2D eigenvalue weighted by molar-refractivity contribution is -0.390. The molecule has 0 amide bonds. The lowest BCUT2D eigenvalue weighted by Gasteiger charge is -2.23. The molecule has 1 aromatic heterocycles. The molecule has 0 aliphatic carbocycles. The van der Waals surface area contributed by atoms with Crippen LogP contribution in [0.5, 0.6) is 0 Å². The molecule has 10 heteroatoms. The number of halogens is 2. The van der Waals surface area contributed by atoms with E-state index in [-0.39, 0.29) is 28.7 Å². The van der Waals surface area contributed by atoms with E-state index in [1.807, 2.05) is 13.8 Å². The molecule has 2 saturated heterocycles. The van der Waals surface area contributed by atoms with Gasteiger partial charge in [0.25, 0.3) is 0 Å². The van der Waals surface area contributed by atoms with Gasteiger partial charge in [0.05, 0.1) is 6.10 Å². The van der Waals surface area contributed by atoms with E-state index in [9.17, 15) is 10.1 Å². The Bertz CT molecular complexity index is 580. The minimum absolute atomic E-state index is 0.129. The summed E-state index contributed by atoms with van der Waals surface area (Å²) in [7, 11) is 0. The summed E-state index contributed by atoms with van der Waals surface area (Å²) in [5.41, 5.74) is 0. The number of alkyl halides is 1. The first kappa shape index (κ1) is 15.6. The average molecular weight is 474 g/mol. The zero-order valence-electron chi connectivity index (χ0n) is 11.2. The summed E-state index contributed by atoms with van der Waals surface area (Å²) in [5, 5.41) is 10.9. The number of aromatic nitrogens is 2. The summed E-state index contributed by atoms with van der Waals surface area (Å²) in [5.74, 6) is -0.938. The molecule has 3 heterocycles. The highest BCUT2D eigenvalue weighted by Crippen LogP contribution is 2.44. The van der Waals surface area contributed by atoms with Crippen molar-refractivity contribution in [3.05, 3.63) is 21.0 Å². The summed E-state index contributed by atoms with van der Waals surface area (Å²) < 4.78 is 20.3. The van der Waals surface area contributed by atoms with Gasteiger partial charge in [0.1, 0.15) is 12.2 Å². The Kier molecular flexibility index (Phi) is 4.01. The van der Waals surface area contributed by atoms with Crippen molar-refractivity contribution >= 4 is 44.3 Å². The maximum Gasteiger partial charge on any atom is 0.396 e. The van der Waals surface area contributed by atoms with Crippen LogP contribution >= 0.6 is 38.5 Å². The predicted octanol–water partition coefficient (Wildman–Crippen LogP) is 2.41. The number of rotatable bonds is 3. The highest BCUT2D eigenvalue weighted by atomic mass is 127. The molecule has 1 aromatic rings. The second-order valence-corrected chi connectivity index (χ2v) is 6.94. The Hall–Kier alpha value is -0.300. The Balaban J connectivity index is 1.94. The van der Waals surface area contributed by atoms with E-state index in [0.717, 1.165) is 4.43 Å². The van der Waals surface area contributed by atoms with Crippen molar-refractivity contribution in [1.29, 1.82) is 0 Å². The molecule has 0 N–H and O–H groups in total. The molecule has 0 aromatic carbocycles. The Morgan fingerprint density at radius 2 is 2.19 bits per heavy atom. The van der Waals surface area contributed by atoms with Crippen molar-refractivity contribution in [2.45, 2.75) is 44.2 Å². The SMILES string of the molecule is CC1(C)O[C@@H]2[C@H](O1)[C@@H](CI)O[C@H]2n1cnc([N+](=O)[O-])c1Br. The molecule has 0 spiro atoms. The molecular formula is C11H13BrIN3O5. The standard InChI is InChI=1S/C11H13BrIN3O5/c1-11(2)20-6-5(3-13)19-10(7(6)21-11)15-4-14-9(8(15)12)16(17)18/h4-7,10H,3H2,1-2H3/t5-,6-,7-,10-/m1/s1. The van der Waals surface area contributed by atoms with Crippen LogP contribution in [0.25, 0.3) is 0 Å². The second-order valence-electron chi connectivity index (χ2n) is 5.31. The largest absolute Gasteiger partial charge is 0.396 e. The van der Waals surface area contributed by atoms with E-state index in [0.29, 0.717) is 0 Å². The van der Waals surface area contributed by atoms with E-state index in [1.54, 1.807) is 4.57 Å². The molecule has 2 fully saturated rings. The number of ether oxygens (including phenoxy) is 3. The van der Waals surface area contributed by atoms with Crippen LogP contribution in [0, 0.1) is 10.1 Å². The molecule has 3 rings (SSSR count). The fourth-order valence-electron chi connectivity index (χ4n) is 2.64. The van der Waals surface area contributed by atoms with Crippen molar-refractivity contribution in [2.75, 3.05) is 4.43 Å². The van der Waals surface area contributed by atoms with Crippen LogP contribution < -0.4 is 0 Å². The lowest BCUT2D eigenvalue weighted by atomic mass is 10.1. The third-order valence-electron chi connectivity index (χ3n) is 3.44. The quantitative estimate of drug-likeness (QED) is 0.290. The summed E-state index contributed by atoms with van der Waals surface area (Å²) in [6.45, 7) is 3.69. The Labute approximate surface area is 142 Å². The zero-order valence-corrected chi connectivity index (χ0v) is 15.0. The topological polar surface area (TPSA) is 88.7 Å². The average Bonchev–Trinajstić information content (AvgIpc) is 3.00. The van der Waals surface area contributed by atoms with Gasteiger partial charge >= 0.3 is 5.82 Å². The molecule has 0 radical (unpaired) electrons. The number of fused-ring (bicyclic) bond motifs is 1. The van der Waals surface area contributed by atoms with Gasteiger partial charge in [0.2, 0.25) is 6.33 Å². The van der Waals surface area contributed by atoms with Crippen molar-refractivity contribution in [3.63, 3.8) is 0 Å². The Morgan fingerprint density at radius 3 is 2.76 bits per heavy atom. The summed E-state index contributed by atoms with van der Waals surface area (Å²) >= 11 is 5.44. The number of nitro groups is 1. The third kappa shape index (κ3) is 2.60. The first-order chi connectivity index (χ1) is 9.84. The van der Waals surface area contributed by atoms with Crippen molar-refractivity contribution in [2.24, 2.45) is 0 Å². The summed E-state index contributed by atoms with van der Waals surface area (Å²) in [6, 6.07) is 0. The summed E-state index contributed by atoms with van der Waals surface area (Å²) in [4.78, 5) is 14.2. The van der Waals surface area contributed by atoms with Gasteiger partial charge in [-0.15, -0.1) is 0 Å². The van der Waals surface area contributed by atoms with Crippen LogP contribution in [0.4, 0.5) is 5.82 Å². The van der Waals surface area contributed by atoms with E-state index in [4.69, 9.17) is 14.2 Å². The van der Waals surface area contributed by atoms with E-state index in [2.05, 4.69) is 43.5 Å². The lowest BCUT2D eigenvalue weighted by Crippen LogP contribution is -2.30. The van der Waals surface area contributed by atoms with Crippen molar-refractivity contribution < 1.29 is 19.1 Å². The van der Waals surface area contributed by atoms with Crippen LogP contribution in [0.3, 0.4) is 0 Å². The van der Waals surface area contributed by atoms with Gasteiger partial charge in [-0.25, -0.2) is 0 Å². The molecule has 2 aliphatic rings. The molecule has 0 saturated carbocycles. The minimum atomic E-state index is -0.694. The van der Waals surface area contributed by atoms with Crippen molar-refractivity contribution in [1.82, 2.24) is 9.55 Å². The normalized spacial score (nSPS) is 34.1. The van der Waals surface area contributed by atoms with Gasteiger partial charge in [-0.1, -0.05) is 22.6 Å². The zero-order chi connectivity index (χ0) is 15.4.